The average molecular weight is 916 g/mol. The van der Waals surface area contributed by atoms with Gasteiger partial charge in [-0.15, -0.1) is 0 Å². The Labute approximate surface area is 371 Å². The van der Waals surface area contributed by atoms with Crippen LogP contribution in [0.15, 0.2) is 0 Å². The molecule has 0 radical (unpaired) electrons. The molecule has 0 aromatic carbocycles. The van der Waals surface area contributed by atoms with Crippen LogP contribution >= 0.6 is 0 Å². The molecule has 0 saturated heterocycles. The zero-order valence-electron chi connectivity index (χ0n) is 37.1. The number of aliphatic carboxylic acids is 3. The van der Waals surface area contributed by atoms with Crippen LogP contribution in [-0.4, -0.2) is 247 Å². The van der Waals surface area contributed by atoms with Gasteiger partial charge in [0, 0.05) is 97.8 Å². The number of hydrogen-bond acceptors (Lipinski definition) is 21. The Bertz CT molecular complexity index is 993. The van der Waals surface area contributed by atoms with Crippen molar-refractivity contribution in [2.24, 2.45) is 0 Å². The van der Waals surface area contributed by atoms with Gasteiger partial charge in [0.2, 0.25) is 17.8 Å². The molecule has 0 saturated carbocycles. The Morgan fingerprint density at radius 1 is 0.333 bits per heavy atom. The molecule has 63 heavy (non-hydrogen) atoms. The lowest BCUT2D eigenvalue weighted by molar-refractivity contribution is -0.138. The van der Waals surface area contributed by atoms with Crippen LogP contribution in [0.1, 0.15) is 77.0 Å². The number of anilines is 3. The molecule has 372 valence electrons. The molecule has 0 spiro atoms. The van der Waals surface area contributed by atoms with E-state index in [0.29, 0.717) is 116 Å². The quantitative estimate of drug-likeness (QED) is 0.0313. The van der Waals surface area contributed by atoms with Crippen LogP contribution in [0.5, 0.6) is 0 Å². The van der Waals surface area contributed by atoms with E-state index in [4.69, 9.17) is 61.3 Å². The molecule has 24 heteroatoms. The van der Waals surface area contributed by atoms with Gasteiger partial charge in [0.25, 0.3) is 0 Å². The number of aliphatic hydroxyl groups is 9. The number of nitrogens with zero attached hydrogens (tertiary/aromatic N) is 6. The van der Waals surface area contributed by atoms with Crippen molar-refractivity contribution < 1.29 is 75.7 Å². The van der Waals surface area contributed by atoms with Gasteiger partial charge in [-0.1, -0.05) is 19.3 Å². The average Bonchev–Trinajstić information content (AvgIpc) is 3.23. The Kier molecular flexibility index (Phi) is 49.8. The highest BCUT2D eigenvalue weighted by atomic mass is 16.4. The molecule has 0 aliphatic rings. The van der Waals surface area contributed by atoms with Crippen molar-refractivity contribution in [3.8, 4) is 0 Å². The van der Waals surface area contributed by atoms with Gasteiger partial charge in [0.05, 0.1) is 59.5 Å². The first-order chi connectivity index (χ1) is 30.4. The van der Waals surface area contributed by atoms with E-state index in [1.165, 1.54) is 0 Å². The highest BCUT2D eigenvalue weighted by molar-refractivity contribution is 5.67. The lowest BCUT2D eigenvalue weighted by atomic mass is 10.2. The van der Waals surface area contributed by atoms with Crippen LogP contribution in [0.4, 0.5) is 17.8 Å². The van der Waals surface area contributed by atoms with Crippen molar-refractivity contribution in [2.45, 2.75) is 77.0 Å². The van der Waals surface area contributed by atoms with E-state index in [9.17, 15) is 14.4 Å². The second-order valence-corrected chi connectivity index (χ2v) is 13.7. The summed E-state index contributed by atoms with van der Waals surface area (Å²) in [5.74, 6) is -1.16. The van der Waals surface area contributed by atoms with E-state index < -0.39 is 17.9 Å². The Morgan fingerprint density at radius 2 is 0.524 bits per heavy atom. The predicted molar refractivity (Wildman–Crippen MR) is 237 cm³/mol. The molecule has 1 aromatic heterocycles. The topological polar surface area (TPSA) is 378 Å². The van der Waals surface area contributed by atoms with Crippen LogP contribution in [0, 0.1) is 0 Å². The SMILES string of the molecule is O=C(O)CCCCCNc1nc(NCCCCCC(=O)O)nc(NCCCCCC(=O)O)n1.OCCN(CCO)CCO.OCCN(CCO)CCO.OCCN(CCO)CCO. The fraction of sp³-hybridized carbons (Fsp3) is 0.846. The molecule has 0 fully saturated rings. The Hall–Kier alpha value is -3.66. The fourth-order valence-electron chi connectivity index (χ4n) is 5.23. The van der Waals surface area contributed by atoms with E-state index in [-0.39, 0.29) is 78.7 Å². The van der Waals surface area contributed by atoms with E-state index in [0.717, 1.165) is 38.5 Å². The largest absolute Gasteiger partial charge is 0.481 e. The maximum absolute atomic E-state index is 10.6. The van der Waals surface area contributed by atoms with Gasteiger partial charge < -0.3 is 77.2 Å². The summed E-state index contributed by atoms with van der Waals surface area (Å²) in [4.78, 5) is 50.2. The number of carboxylic acid groups (broad SMARTS) is 3. The minimum atomic E-state index is -0.794. The first kappa shape index (κ1) is 63.6. The summed E-state index contributed by atoms with van der Waals surface area (Å²) in [7, 11) is 0. The summed E-state index contributed by atoms with van der Waals surface area (Å²) < 4.78 is 0. The predicted octanol–water partition coefficient (Wildman–Crippen LogP) is -2.16. The second kappa shape index (κ2) is 49.4. The number of aromatic nitrogens is 3. The monoisotopic (exact) mass is 916 g/mol. The molecule has 1 rings (SSSR count). The van der Waals surface area contributed by atoms with Gasteiger partial charge in [0.1, 0.15) is 0 Å². The normalized spacial score (nSPS) is 10.7. The lowest BCUT2D eigenvalue weighted by Gasteiger charge is -2.17. The minimum Gasteiger partial charge on any atom is -0.481 e. The molecule has 0 unspecified atom stereocenters. The third kappa shape index (κ3) is 47.7. The molecule has 24 nitrogen and oxygen atoms in total. The molecule has 1 aromatic rings. The van der Waals surface area contributed by atoms with Gasteiger partial charge in [-0.2, -0.15) is 15.0 Å². The van der Waals surface area contributed by atoms with Crippen LogP contribution in [0.2, 0.25) is 0 Å². The summed E-state index contributed by atoms with van der Waals surface area (Å²) in [6.07, 6.45) is 7.07. The summed E-state index contributed by atoms with van der Waals surface area (Å²) in [5, 5.41) is 112. The van der Waals surface area contributed by atoms with Crippen LogP contribution in [-0.2, 0) is 14.4 Å². The van der Waals surface area contributed by atoms with Crippen LogP contribution in [0.3, 0.4) is 0 Å². The zero-order chi connectivity index (χ0) is 47.8. The maximum Gasteiger partial charge on any atom is 0.303 e. The molecular formula is C39H81N9O15. The van der Waals surface area contributed by atoms with Gasteiger partial charge in [-0.05, 0) is 38.5 Å². The number of aliphatic hydroxyl groups excluding tert-OH is 9. The smallest absolute Gasteiger partial charge is 0.303 e. The van der Waals surface area contributed by atoms with Crippen molar-refractivity contribution in [2.75, 3.05) is 154 Å². The molecule has 0 bridgehead atoms. The highest BCUT2D eigenvalue weighted by Crippen LogP contribution is 2.12. The number of carbonyl (C=O) groups is 3. The number of unbranched alkanes of at least 4 members (excludes halogenated alkanes) is 6. The summed E-state index contributed by atoms with van der Waals surface area (Å²) in [6.45, 7) is 7.07. The number of carboxylic acids is 3. The lowest BCUT2D eigenvalue weighted by Crippen LogP contribution is -2.32. The standard InChI is InChI=1S/C21H36N6O6.3C6H15NO3/c28-16(29)10-4-1-7-13-22-19-25-20(23-14-8-2-5-11-17(30)31)27-21(26-19)24-15-9-3-6-12-18(32)33;3*8-4-1-7(2-5-9)3-6-10/h1-15H2,(H,28,29)(H,30,31)(H,32,33)(H3,22,23,24,25,26,27);3*8-10H,1-6H2. The third-order valence-corrected chi connectivity index (χ3v) is 8.43. The van der Waals surface area contributed by atoms with Gasteiger partial charge in [0.15, 0.2) is 0 Å². The first-order valence-corrected chi connectivity index (χ1v) is 21.7. The molecule has 0 aliphatic heterocycles. The van der Waals surface area contributed by atoms with Crippen LogP contribution in [0.25, 0.3) is 0 Å². The van der Waals surface area contributed by atoms with Crippen molar-refractivity contribution in [1.82, 2.24) is 29.7 Å². The van der Waals surface area contributed by atoms with Crippen LogP contribution < -0.4 is 16.0 Å². The number of hydrogen-bond donors (Lipinski definition) is 15. The van der Waals surface area contributed by atoms with E-state index in [1.54, 1.807) is 14.7 Å². The third-order valence-electron chi connectivity index (χ3n) is 8.43. The summed E-state index contributed by atoms with van der Waals surface area (Å²) >= 11 is 0. The molecule has 0 atom stereocenters. The Morgan fingerprint density at radius 3 is 0.683 bits per heavy atom. The van der Waals surface area contributed by atoms with E-state index in [2.05, 4.69) is 30.9 Å². The molecule has 1 heterocycles. The van der Waals surface area contributed by atoms with Gasteiger partial charge in [-0.25, -0.2) is 0 Å². The Balaban J connectivity index is -0.000000966. The van der Waals surface area contributed by atoms with Crippen molar-refractivity contribution in [3.05, 3.63) is 0 Å². The molecule has 0 amide bonds. The maximum atomic E-state index is 10.6. The van der Waals surface area contributed by atoms with Gasteiger partial charge >= 0.3 is 17.9 Å². The number of nitrogens with one attached hydrogen (secondary N) is 3. The minimum absolute atomic E-state index is 0.0694. The molecule has 0 aliphatic carbocycles. The fourth-order valence-corrected chi connectivity index (χ4v) is 5.23. The number of rotatable bonds is 39. The van der Waals surface area contributed by atoms with Gasteiger partial charge in [-0.3, -0.25) is 29.1 Å². The van der Waals surface area contributed by atoms with Crippen molar-refractivity contribution >= 4 is 35.8 Å². The van der Waals surface area contributed by atoms with E-state index in [1.807, 2.05) is 0 Å². The van der Waals surface area contributed by atoms with Crippen molar-refractivity contribution in [1.29, 1.82) is 0 Å². The van der Waals surface area contributed by atoms with E-state index >= 15 is 0 Å². The summed E-state index contributed by atoms with van der Waals surface area (Å²) in [6, 6.07) is 0. The molecule has 15 N–H and O–H groups in total. The summed E-state index contributed by atoms with van der Waals surface area (Å²) in [5.41, 5.74) is 0. The zero-order valence-corrected chi connectivity index (χ0v) is 37.1. The second-order valence-electron chi connectivity index (χ2n) is 13.7. The first-order valence-electron chi connectivity index (χ1n) is 21.7. The highest BCUT2D eigenvalue weighted by Gasteiger charge is 2.08. The molecular weight excluding hydrogens is 834 g/mol. The van der Waals surface area contributed by atoms with Crippen molar-refractivity contribution in [3.63, 3.8) is 0 Å².